The third kappa shape index (κ3) is 18.0. The van der Waals surface area contributed by atoms with Gasteiger partial charge in [0.05, 0.1) is 27.7 Å². The van der Waals surface area contributed by atoms with Gasteiger partial charge in [0.1, 0.15) is 0 Å². The Morgan fingerprint density at radius 2 is 1.16 bits per heavy atom. The first-order valence-electron chi connectivity index (χ1n) is 13.2. The molecule has 0 aliphatic heterocycles. The third-order valence-electron chi connectivity index (χ3n) is 6.07. The monoisotopic (exact) mass is 460 g/mol. The minimum Gasteiger partial charge on any atom is -0.320 e. The first-order chi connectivity index (χ1) is 14.8. The van der Waals surface area contributed by atoms with Gasteiger partial charge in [-0.2, -0.15) is 0 Å². The second-order valence-electron chi connectivity index (χ2n) is 10.0. The van der Waals surface area contributed by atoms with E-state index in [4.69, 9.17) is 4.52 Å². The SMILES string of the molecule is CCCCCCCCCCCCCCC=CCCCCOP(=O)(O)C(CC)[N+](C)(C)C. The highest BCUT2D eigenvalue weighted by atomic mass is 31.2. The van der Waals surface area contributed by atoms with Gasteiger partial charge in [0, 0.05) is 6.42 Å². The van der Waals surface area contributed by atoms with Crippen molar-refractivity contribution in [1.82, 2.24) is 0 Å². The van der Waals surface area contributed by atoms with Gasteiger partial charge in [-0.1, -0.05) is 96.6 Å². The van der Waals surface area contributed by atoms with Crippen LogP contribution in [0.1, 0.15) is 123 Å². The second kappa shape index (κ2) is 19.3. The number of hydrogen-bond acceptors (Lipinski definition) is 2. The predicted molar refractivity (Wildman–Crippen MR) is 137 cm³/mol. The molecule has 4 nitrogen and oxygen atoms in total. The Kier molecular flexibility index (Phi) is 19.2. The Hall–Kier alpha value is -0.150. The van der Waals surface area contributed by atoms with Gasteiger partial charge in [-0.3, -0.25) is 4.57 Å². The molecule has 186 valence electrons. The van der Waals surface area contributed by atoms with Gasteiger partial charge in [0.2, 0.25) is 0 Å². The minimum absolute atomic E-state index is 0.358. The van der Waals surface area contributed by atoms with Gasteiger partial charge < -0.3 is 13.9 Å². The molecule has 0 rings (SSSR count). The summed E-state index contributed by atoms with van der Waals surface area (Å²) >= 11 is 0. The molecule has 0 aromatic carbocycles. The number of hydrogen-bond donors (Lipinski definition) is 1. The van der Waals surface area contributed by atoms with Crippen LogP contribution in [0.4, 0.5) is 0 Å². The Balaban J connectivity index is 3.50. The maximum absolute atomic E-state index is 12.5. The van der Waals surface area contributed by atoms with Crippen LogP contribution in [0.2, 0.25) is 0 Å². The topological polar surface area (TPSA) is 46.5 Å². The van der Waals surface area contributed by atoms with Gasteiger partial charge in [0.25, 0.3) is 0 Å². The Morgan fingerprint density at radius 1 is 0.742 bits per heavy atom. The maximum Gasteiger partial charge on any atom is 0.385 e. The van der Waals surface area contributed by atoms with E-state index in [1.807, 2.05) is 28.1 Å². The van der Waals surface area contributed by atoms with E-state index in [2.05, 4.69) is 19.1 Å². The van der Waals surface area contributed by atoms with E-state index in [1.54, 1.807) is 0 Å². The smallest absolute Gasteiger partial charge is 0.320 e. The summed E-state index contributed by atoms with van der Waals surface area (Å²) in [5, 5.41) is 0. The number of quaternary nitrogens is 1. The van der Waals surface area contributed by atoms with E-state index in [-0.39, 0.29) is 5.78 Å². The van der Waals surface area contributed by atoms with Crippen LogP contribution in [-0.4, -0.2) is 42.9 Å². The van der Waals surface area contributed by atoms with Crippen molar-refractivity contribution in [3.63, 3.8) is 0 Å². The lowest BCUT2D eigenvalue weighted by molar-refractivity contribution is -0.883. The molecule has 0 radical (unpaired) electrons. The van der Waals surface area contributed by atoms with E-state index < -0.39 is 7.60 Å². The molecule has 1 N–H and O–H groups in total. The van der Waals surface area contributed by atoms with Crippen LogP contribution in [0.3, 0.4) is 0 Å². The number of unbranched alkanes of at least 4 members (excludes halogenated alkanes) is 14. The Bertz CT molecular complexity index is 474. The maximum atomic E-state index is 12.5. The number of allylic oxidation sites excluding steroid dienone is 2. The normalized spacial score (nSPS) is 15.4. The summed E-state index contributed by atoms with van der Waals surface area (Å²) in [5.41, 5.74) is 0. The Labute approximate surface area is 195 Å². The summed E-state index contributed by atoms with van der Waals surface area (Å²) in [4.78, 5) is 10.3. The van der Waals surface area contributed by atoms with Crippen molar-refractivity contribution < 1.29 is 18.5 Å². The summed E-state index contributed by atoms with van der Waals surface area (Å²) in [6, 6.07) is 0. The molecule has 2 unspecified atom stereocenters. The first kappa shape index (κ1) is 30.9. The van der Waals surface area contributed by atoms with Crippen molar-refractivity contribution in [2.75, 3.05) is 27.7 Å². The molecule has 0 saturated carbocycles. The zero-order valence-corrected chi connectivity index (χ0v) is 22.5. The van der Waals surface area contributed by atoms with Crippen LogP contribution in [0.25, 0.3) is 0 Å². The summed E-state index contributed by atoms with van der Waals surface area (Å²) in [6.45, 7) is 4.60. The molecule has 31 heavy (non-hydrogen) atoms. The molecule has 5 heteroatoms. The molecule has 0 fully saturated rings. The molecule has 2 atom stereocenters. The van der Waals surface area contributed by atoms with Gasteiger partial charge in [0.15, 0.2) is 5.78 Å². The van der Waals surface area contributed by atoms with Crippen molar-refractivity contribution in [3.05, 3.63) is 12.2 Å². The molecule has 0 saturated heterocycles. The number of nitrogens with zero attached hydrogens (tertiary/aromatic N) is 1. The second-order valence-corrected chi connectivity index (χ2v) is 12.0. The van der Waals surface area contributed by atoms with E-state index >= 15 is 0 Å². The van der Waals surface area contributed by atoms with Gasteiger partial charge >= 0.3 is 7.60 Å². The van der Waals surface area contributed by atoms with Crippen LogP contribution in [0.5, 0.6) is 0 Å². The van der Waals surface area contributed by atoms with Crippen molar-refractivity contribution in [2.45, 2.75) is 129 Å². The van der Waals surface area contributed by atoms with Crippen molar-refractivity contribution in [2.24, 2.45) is 0 Å². The van der Waals surface area contributed by atoms with Gasteiger partial charge in [-0.05, 0) is 32.1 Å². The molecule has 0 spiro atoms. The molecule has 0 bridgehead atoms. The molecule has 0 aromatic rings. The lowest BCUT2D eigenvalue weighted by Crippen LogP contribution is -2.44. The quantitative estimate of drug-likeness (QED) is 0.0763. The summed E-state index contributed by atoms with van der Waals surface area (Å²) in [6.07, 6.45) is 26.0. The highest BCUT2D eigenvalue weighted by Crippen LogP contribution is 2.51. The molecule has 0 heterocycles. The largest absolute Gasteiger partial charge is 0.385 e. The predicted octanol–water partition coefficient (Wildman–Crippen LogP) is 8.45. The summed E-state index contributed by atoms with van der Waals surface area (Å²) in [7, 11) is 2.28. The van der Waals surface area contributed by atoms with Crippen LogP contribution >= 0.6 is 7.60 Å². The fraction of sp³-hybridized carbons (Fsp3) is 0.923. The highest BCUT2D eigenvalue weighted by Gasteiger charge is 2.41. The van der Waals surface area contributed by atoms with Crippen molar-refractivity contribution in [3.8, 4) is 0 Å². The lowest BCUT2D eigenvalue weighted by atomic mass is 10.0. The molecule has 0 amide bonds. The Morgan fingerprint density at radius 3 is 1.58 bits per heavy atom. The summed E-state index contributed by atoms with van der Waals surface area (Å²) < 4.78 is 18.3. The molecular weight excluding hydrogens is 405 g/mol. The number of rotatable bonds is 22. The van der Waals surface area contributed by atoms with Crippen molar-refractivity contribution in [1.29, 1.82) is 0 Å². The molecular formula is C26H55NO3P+. The van der Waals surface area contributed by atoms with E-state index in [1.165, 1.54) is 83.5 Å². The van der Waals surface area contributed by atoms with Gasteiger partial charge in [-0.25, -0.2) is 0 Å². The van der Waals surface area contributed by atoms with Crippen LogP contribution in [0, 0.1) is 0 Å². The van der Waals surface area contributed by atoms with E-state index in [9.17, 15) is 9.46 Å². The minimum atomic E-state index is -3.56. The highest BCUT2D eigenvalue weighted by molar-refractivity contribution is 7.53. The average molecular weight is 461 g/mol. The van der Waals surface area contributed by atoms with E-state index in [0.717, 1.165) is 19.3 Å². The fourth-order valence-corrected chi connectivity index (χ4v) is 6.10. The third-order valence-corrected chi connectivity index (χ3v) is 8.43. The van der Waals surface area contributed by atoms with E-state index in [0.29, 0.717) is 17.5 Å². The van der Waals surface area contributed by atoms with Crippen LogP contribution in [-0.2, 0) is 9.09 Å². The summed E-state index contributed by atoms with van der Waals surface area (Å²) in [5.74, 6) is -0.358. The van der Waals surface area contributed by atoms with Crippen molar-refractivity contribution >= 4 is 7.60 Å². The molecule has 0 aliphatic carbocycles. The lowest BCUT2D eigenvalue weighted by Gasteiger charge is -2.35. The van der Waals surface area contributed by atoms with Crippen LogP contribution < -0.4 is 0 Å². The zero-order chi connectivity index (χ0) is 23.4. The standard InChI is InChI=1S/C26H54NO3P/c1-6-8-9-10-11-12-13-14-15-16-17-18-19-20-21-22-23-24-25-30-31(28,29)26(7-2)27(3,4)5/h20-21,26H,6-19,22-25H2,1-5H3/p+1. The fourth-order valence-electron chi connectivity index (χ4n) is 4.20. The molecule has 0 aromatic heterocycles. The molecule has 0 aliphatic rings. The average Bonchev–Trinajstić information content (AvgIpc) is 2.68. The van der Waals surface area contributed by atoms with Gasteiger partial charge in [-0.15, -0.1) is 0 Å². The zero-order valence-electron chi connectivity index (χ0n) is 21.6. The van der Waals surface area contributed by atoms with Crippen LogP contribution in [0.15, 0.2) is 12.2 Å². The first-order valence-corrected chi connectivity index (χ1v) is 14.8.